The van der Waals surface area contributed by atoms with Crippen molar-refractivity contribution in [3.05, 3.63) is 47.2 Å². The number of aliphatic hydroxyl groups excluding tert-OH is 3. The van der Waals surface area contributed by atoms with Crippen LogP contribution in [-0.2, 0) is 28.7 Å². The Hall–Kier alpha value is -3.01. The number of fused-ring (bicyclic) bond motifs is 1. The Morgan fingerprint density at radius 3 is 2.47 bits per heavy atom. The highest BCUT2D eigenvalue weighted by Gasteiger charge is 2.55. The second kappa shape index (κ2) is 10.2. The lowest BCUT2D eigenvalue weighted by Gasteiger charge is -2.50. The van der Waals surface area contributed by atoms with E-state index in [0.717, 1.165) is 4.90 Å². The fourth-order valence-electron chi connectivity index (χ4n) is 4.13. The molecule has 2 fully saturated rings. The third-order valence-corrected chi connectivity index (χ3v) is 7.55. The first-order chi connectivity index (χ1) is 17.0. The van der Waals surface area contributed by atoms with Crippen LogP contribution in [0.3, 0.4) is 0 Å². The van der Waals surface area contributed by atoms with E-state index in [1.807, 2.05) is 0 Å². The Labute approximate surface area is 208 Å². The molecule has 0 aromatic heterocycles. The lowest BCUT2D eigenvalue weighted by atomic mass is 9.99. The molecule has 0 aliphatic carbocycles. The number of benzene rings is 1. The highest BCUT2D eigenvalue weighted by Crippen LogP contribution is 2.41. The monoisotopic (exact) mass is 523 g/mol. The average molecular weight is 524 g/mol. The van der Waals surface area contributed by atoms with Crippen molar-refractivity contribution in [1.82, 2.24) is 10.2 Å². The second-order valence-electron chi connectivity index (χ2n) is 8.55. The molecule has 13 nitrogen and oxygen atoms in total. The van der Waals surface area contributed by atoms with Crippen LogP contribution in [0.25, 0.3) is 0 Å². The number of carbonyl (C=O) groups excluding carboxylic acids is 3. The molecule has 3 aliphatic rings. The van der Waals surface area contributed by atoms with E-state index in [-0.39, 0.29) is 5.70 Å². The third-order valence-electron chi connectivity index (χ3n) is 6.13. The summed E-state index contributed by atoms with van der Waals surface area (Å²) in [6.07, 6.45) is -9.72. The highest BCUT2D eigenvalue weighted by atomic mass is 32.2. The zero-order valence-corrected chi connectivity index (χ0v) is 19.7. The molecule has 3 heterocycles. The van der Waals surface area contributed by atoms with Gasteiger partial charge in [-0.15, -0.1) is 11.8 Å². The van der Waals surface area contributed by atoms with Crippen molar-refractivity contribution in [3.63, 3.8) is 0 Å². The minimum atomic E-state index is -1.96. The van der Waals surface area contributed by atoms with Gasteiger partial charge < -0.3 is 41.0 Å². The van der Waals surface area contributed by atoms with Gasteiger partial charge in [0, 0.05) is 5.75 Å². The standard InChI is InChI=1S/C22H25N3O10S/c1-8-7-36-19-11(24-17(29)10(23)9-5-3-2-4-6-9)18(30)25(19)12(8)21(33)35-22-15(28)13(26)14(27)16(34-22)20(31)32/h2-6,10-11,13-16,19,22,26-28H,7,23H2,1H3,(H,24,29)(H,31,32)/t10-,11-,13?,14?,15?,16?,19-,22?/m1/s1. The fraction of sp³-hybridized carbons (Fsp3) is 0.455. The SMILES string of the molecule is CC1=C(C(=O)OC2OC(C(=O)O)C(O)C(O)C2O)N2C(=O)[C@@H](NC(=O)[C@H](N)c3ccccc3)[C@H]2SC1. The van der Waals surface area contributed by atoms with Gasteiger partial charge in [0.05, 0.1) is 0 Å². The summed E-state index contributed by atoms with van der Waals surface area (Å²) in [6.45, 7) is 1.58. The second-order valence-corrected chi connectivity index (χ2v) is 9.66. The Kier molecular flexibility index (Phi) is 7.36. The van der Waals surface area contributed by atoms with Crippen LogP contribution in [0.2, 0.25) is 0 Å². The fourth-order valence-corrected chi connectivity index (χ4v) is 5.42. The molecule has 8 atom stereocenters. The lowest BCUT2D eigenvalue weighted by molar-refractivity contribution is -0.285. The molecule has 4 rings (SSSR count). The molecule has 0 radical (unpaired) electrons. The molecule has 36 heavy (non-hydrogen) atoms. The summed E-state index contributed by atoms with van der Waals surface area (Å²) in [5.41, 5.74) is 6.88. The van der Waals surface area contributed by atoms with E-state index < -0.39 is 71.9 Å². The number of ether oxygens (including phenoxy) is 2. The number of nitrogens with one attached hydrogen (secondary N) is 1. The van der Waals surface area contributed by atoms with Crippen LogP contribution < -0.4 is 11.1 Å². The Bertz CT molecular complexity index is 1100. The summed E-state index contributed by atoms with van der Waals surface area (Å²) in [5, 5.41) is 41.0. The van der Waals surface area contributed by atoms with Crippen molar-refractivity contribution >= 4 is 35.5 Å². The Morgan fingerprint density at radius 1 is 1.17 bits per heavy atom. The van der Waals surface area contributed by atoms with Crippen molar-refractivity contribution in [1.29, 1.82) is 0 Å². The van der Waals surface area contributed by atoms with Crippen LogP contribution in [0.15, 0.2) is 41.6 Å². The van der Waals surface area contributed by atoms with Gasteiger partial charge in [-0.2, -0.15) is 0 Å². The molecule has 0 saturated carbocycles. The van der Waals surface area contributed by atoms with Crippen LogP contribution >= 0.6 is 11.8 Å². The van der Waals surface area contributed by atoms with Crippen molar-refractivity contribution in [2.75, 3.05) is 5.75 Å². The molecule has 0 bridgehead atoms. The van der Waals surface area contributed by atoms with E-state index in [1.165, 1.54) is 11.8 Å². The maximum Gasteiger partial charge on any atom is 0.357 e. The number of aliphatic carboxylic acids is 1. The maximum atomic E-state index is 13.0. The number of β-lactam (4-membered cyclic amide) rings is 1. The molecule has 3 aliphatic heterocycles. The average Bonchev–Trinajstić information content (AvgIpc) is 2.86. The van der Waals surface area contributed by atoms with Crippen molar-refractivity contribution in [2.45, 2.75) is 55.1 Å². The van der Waals surface area contributed by atoms with Crippen LogP contribution in [-0.4, -0.2) is 97.0 Å². The van der Waals surface area contributed by atoms with E-state index in [9.17, 15) is 34.5 Å². The number of nitrogens with two attached hydrogens (primary N) is 1. The number of thioether (sulfide) groups is 1. The summed E-state index contributed by atoms with van der Waals surface area (Å²) < 4.78 is 10.1. The molecule has 2 amide bonds. The van der Waals surface area contributed by atoms with Gasteiger partial charge in [-0.05, 0) is 18.1 Å². The van der Waals surface area contributed by atoms with Crippen LogP contribution in [0.4, 0.5) is 0 Å². The lowest BCUT2D eigenvalue weighted by Crippen LogP contribution is -2.71. The first kappa shape index (κ1) is 26.1. The molecule has 0 spiro atoms. The first-order valence-corrected chi connectivity index (χ1v) is 12.0. The molecule has 1 aromatic carbocycles. The molecule has 5 unspecified atom stereocenters. The first-order valence-electron chi connectivity index (χ1n) is 10.9. The van der Waals surface area contributed by atoms with Crippen LogP contribution in [0.5, 0.6) is 0 Å². The number of carboxylic acids is 1. The minimum absolute atomic E-state index is 0.148. The van der Waals surface area contributed by atoms with E-state index in [1.54, 1.807) is 37.3 Å². The molecule has 194 valence electrons. The van der Waals surface area contributed by atoms with E-state index in [0.29, 0.717) is 16.9 Å². The molecule has 7 N–H and O–H groups in total. The van der Waals surface area contributed by atoms with E-state index >= 15 is 0 Å². The summed E-state index contributed by atoms with van der Waals surface area (Å²) in [4.78, 5) is 51.0. The van der Waals surface area contributed by atoms with Gasteiger partial charge in [0.2, 0.25) is 12.2 Å². The number of carboxylic acid groups (broad SMARTS) is 1. The van der Waals surface area contributed by atoms with E-state index in [2.05, 4.69) is 5.32 Å². The zero-order valence-electron chi connectivity index (χ0n) is 18.9. The predicted molar refractivity (Wildman–Crippen MR) is 122 cm³/mol. The summed E-state index contributed by atoms with van der Waals surface area (Å²) in [5.74, 6) is -3.58. The smallest absolute Gasteiger partial charge is 0.357 e. The minimum Gasteiger partial charge on any atom is -0.479 e. The molecule has 1 aromatic rings. The summed E-state index contributed by atoms with van der Waals surface area (Å²) in [6, 6.07) is 6.65. The van der Waals surface area contributed by atoms with Crippen molar-refractivity contribution in [2.24, 2.45) is 5.73 Å². The van der Waals surface area contributed by atoms with Gasteiger partial charge in [0.15, 0.2) is 6.10 Å². The van der Waals surface area contributed by atoms with Crippen molar-refractivity contribution < 1.29 is 49.1 Å². The van der Waals surface area contributed by atoms with Crippen molar-refractivity contribution in [3.8, 4) is 0 Å². The maximum absolute atomic E-state index is 13.0. The van der Waals surface area contributed by atoms with Gasteiger partial charge in [0.1, 0.15) is 41.5 Å². The number of esters is 1. The number of carbonyl (C=O) groups is 4. The molecule has 14 heteroatoms. The molecular formula is C22H25N3O10S. The largest absolute Gasteiger partial charge is 0.479 e. The summed E-state index contributed by atoms with van der Waals surface area (Å²) >= 11 is 1.31. The normalized spacial score (nSPS) is 32.8. The number of amides is 2. The highest BCUT2D eigenvalue weighted by molar-refractivity contribution is 8.00. The summed E-state index contributed by atoms with van der Waals surface area (Å²) in [7, 11) is 0. The molecule has 2 saturated heterocycles. The van der Waals surface area contributed by atoms with Gasteiger partial charge >= 0.3 is 11.9 Å². The van der Waals surface area contributed by atoms with Gasteiger partial charge in [0.25, 0.3) is 5.91 Å². The number of aliphatic hydroxyl groups is 3. The Morgan fingerprint density at radius 2 is 1.83 bits per heavy atom. The predicted octanol–water partition coefficient (Wildman–Crippen LogP) is -2.20. The van der Waals surface area contributed by atoms with Crippen LogP contribution in [0.1, 0.15) is 18.5 Å². The topological polar surface area (TPSA) is 209 Å². The quantitative estimate of drug-likeness (QED) is 0.173. The number of hydrogen-bond acceptors (Lipinski definition) is 11. The molecular weight excluding hydrogens is 498 g/mol. The van der Waals surface area contributed by atoms with Gasteiger partial charge in [-0.25, -0.2) is 9.59 Å². The van der Waals surface area contributed by atoms with E-state index in [4.69, 9.17) is 20.3 Å². The Balaban J connectivity index is 1.45. The van der Waals surface area contributed by atoms with Crippen LogP contribution in [0, 0.1) is 0 Å². The van der Waals surface area contributed by atoms with Gasteiger partial charge in [-0.3, -0.25) is 14.5 Å². The number of rotatable bonds is 6. The number of hydrogen-bond donors (Lipinski definition) is 6. The number of nitrogens with zero attached hydrogens (tertiary/aromatic N) is 1. The van der Waals surface area contributed by atoms with Gasteiger partial charge in [-0.1, -0.05) is 30.3 Å². The zero-order chi connectivity index (χ0) is 26.3. The third kappa shape index (κ3) is 4.58.